The van der Waals surface area contributed by atoms with Gasteiger partial charge in [-0.25, -0.2) is 4.98 Å². The summed E-state index contributed by atoms with van der Waals surface area (Å²) in [5, 5.41) is 4.36. The van der Waals surface area contributed by atoms with Gasteiger partial charge >= 0.3 is 0 Å². The van der Waals surface area contributed by atoms with Gasteiger partial charge in [0.1, 0.15) is 17.4 Å². The van der Waals surface area contributed by atoms with Gasteiger partial charge in [-0.2, -0.15) is 0 Å². The molecule has 1 fully saturated rings. The highest BCUT2D eigenvalue weighted by Gasteiger charge is 2.19. The largest absolute Gasteiger partial charge is 0.378 e. The van der Waals surface area contributed by atoms with E-state index in [9.17, 15) is 9.59 Å². The number of carbonyl (C=O) groups is 1. The summed E-state index contributed by atoms with van der Waals surface area (Å²) in [7, 11) is 0. The molecule has 0 aliphatic carbocycles. The monoisotopic (exact) mass is 368 g/mol. The first kappa shape index (κ1) is 17.4. The third-order valence-corrected chi connectivity index (χ3v) is 4.72. The Bertz CT molecular complexity index is 1020. The van der Waals surface area contributed by atoms with Crippen LogP contribution in [0.15, 0.2) is 39.9 Å². The molecule has 0 saturated carbocycles. The number of nitrogens with zero attached hydrogens (tertiary/aromatic N) is 4. The highest BCUT2D eigenvalue weighted by atomic mass is 16.5. The second-order valence-electron chi connectivity index (χ2n) is 6.56. The number of ether oxygens (including phenoxy) is 1. The summed E-state index contributed by atoms with van der Waals surface area (Å²) in [5.41, 5.74) is 2.32. The predicted molar refractivity (Wildman–Crippen MR) is 98.3 cm³/mol. The van der Waals surface area contributed by atoms with Gasteiger partial charge in [0.05, 0.1) is 13.2 Å². The molecule has 0 bridgehead atoms. The summed E-state index contributed by atoms with van der Waals surface area (Å²) >= 11 is 0. The van der Waals surface area contributed by atoms with Gasteiger partial charge in [0.2, 0.25) is 5.91 Å². The average Bonchev–Trinajstić information content (AvgIpc) is 3.13. The van der Waals surface area contributed by atoms with Crippen LogP contribution in [0.3, 0.4) is 0 Å². The summed E-state index contributed by atoms with van der Waals surface area (Å²) in [4.78, 5) is 31.2. The fourth-order valence-corrected chi connectivity index (χ4v) is 3.14. The first-order valence-corrected chi connectivity index (χ1v) is 8.91. The molecular weight excluding hydrogens is 348 g/mol. The van der Waals surface area contributed by atoms with Crippen LogP contribution in [0.2, 0.25) is 0 Å². The molecule has 0 spiro atoms. The normalized spacial score (nSPS) is 14.6. The number of hydrogen-bond acceptors (Lipinski definition) is 6. The summed E-state index contributed by atoms with van der Waals surface area (Å²) in [6.07, 6.45) is 1.64. The topological polar surface area (TPSA) is 90.5 Å². The molecule has 1 aliphatic rings. The lowest BCUT2D eigenvalue weighted by atomic mass is 10.1. The molecule has 27 heavy (non-hydrogen) atoms. The van der Waals surface area contributed by atoms with Gasteiger partial charge in [-0.3, -0.25) is 14.2 Å². The molecule has 8 heteroatoms. The molecule has 0 unspecified atom stereocenters. The zero-order chi connectivity index (χ0) is 18.8. The zero-order valence-electron chi connectivity index (χ0n) is 15.1. The molecule has 0 radical (unpaired) electrons. The van der Waals surface area contributed by atoms with Crippen molar-refractivity contribution in [2.45, 2.75) is 19.9 Å². The van der Waals surface area contributed by atoms with E-state index in [2.05, 4.69) is 10.1 Å². The quantitative estimate of drug-likeness (QED) is 0.695. The van der Waals surface area contributed by atoms with Crippen LogP contribution in [0.4, 0.5) is 0 Å². The molecule has 1 amide bonds. The lowest BCUT2D eigenvalue weighted by Gasteiger charge is -2.26. The SMILES string of the molecule is Cc1ccc(-c2noc3ncn(CCC(=O)N4CCOCC4)c(=O)c23)cc1. The van der Waals surface area contributed by atoms with E-state index in [1.165, 1.54) is 10.9 Å². The second kappa shape index (κ2) is 7.32. The first-order valence-electron chi connectivity index (χ1n) is 8.91. The third-order valence-electron chi connectivity index (χ3n) is 4.72. The maximum Gasteiger partial charge on any atom is 0.266 e. The minimum Gasteiger partial charge on any atom is -0.378 e. The number of rotatable bonds is 4. The molecule has 1 aliphatic heterocycles. The number of hydrogen-bond donors (Lipinski definition) is 0. The first-order chi connectivity index (χ1) is 13.1. The van der Waals surface area contributed by atoms with Gasteiger partial charge < -0.3 is 14.2 Å². The van der Waals surface area contributed by atoms with E-state index >= 15 is 0 Å². The van der Waals surface area contributed by atoms with Crippen LogP contribution in [-0.2, 0) is 16.1 Å². The Morgan fingerprint density at radius 3 is 2.67 bits per heavy atom. The number of aromatic nitrogens is 3. The van der Waals surface area contributed by atoms with Gasteiger partial charge in [0, 0.05) is 31.6 Å². The van der Waals surface area contributed by atoms with Gasteiger partial charge in [-0.15, -0.1) is 0 Å². The Balaban J connectivity index is 1.60. The Kier molecular flexibility index (Phi) is 4.72. The summed E-state index contributed by atoms with van der Waals surface area (Å²) in [6.45, 7) is 4.54. The zero-order valence-corrected chi connectivity index (χ0v) is 15.1. The number of fused-ring (bicyclic) bond motifs is 1. The van der Waals surface area contributed by atoms with Crippen molar-refractivity contribution in [2.24, 2.45) is 0 Å². The minimum absolute atomic E-state index is 0.00868. The molecule has 1 aromatic carbocycles. The summed E-state index contributed by atoms with van der Waals surface area (Å²) in [5.74, 6) is 0.00868. The number of morpholine rings is 1. The van der Waals surface area contributed by atoms with Crippen molar-refractivity contribution in [3.05, 3.63) is 46.5 Å². The Labute approximate surface area is 155 Å². The van der Waals surface area contributed by atoms with E-state index in [-0.39, 0.29) is 30.1 Å². The van der Waals surface area contributed by atoms with E-state index in [4.69, 9.17) is 9.26 Å². The van der Waals surface area contributed by atoms with Crippen molar-refractivity contribution in [3.8, 4) is 11.3 Å². The maximum absolute atomic E-state index is 12.9. The highest BCUT2D eigenvalue weighted by Crippen LogP contribution is 2.24. The van der Waals surface area contributed by atoms with E-state index in [1.54, 1.807) is 4.90 Å². The third kappa shape index (κ3) is 3.48. The Morgan fingerprint density at radius 1 is 1.19 bits per heavy atom. The van der Waals surface area contributed by atoms with Crippen molar-refractivity contribution in [1.82, 2.24) is 19.6 Å². The fourth-order valence-electron chi connectivity index (χ4n) is 3.14. The minimum atomic E-state index is -0.258. The van der Waals surface area contributed by atoms with E-state index < -0.39 is 0 Å². The van der Waals surface area contributed by atoms with Gasteiger partial charge in [0.15, 0.2) is 0 Å². The van der Waals surface area contributed by atoms with Crippen LogP contribution in [0.5, 0.6) is 0 Å². The fraction of sp³-hybridized carbons (Fsp3) is 0.368. The van der Waals surface area contributed by atoms with Crippen LogP contribution >= 0.6 is 0 Å². The Morgan fingerprint density at radius 2 is 1.93 bits per heavy atom. The summed E-state index contributed by atoms with van der Waals surface area (Å²) < 4.78 is 11.9. The lowest BCUT2D eigenvalue weighted by molar-refractivity contribution is -0.135. The van der Waals surface area contributed by atoms with Crippen LogP contribution in [0.25, 0.3) is 22.4 Å². The van der Waals surface area contributed by atoms with Crippen molar-refractivity contribution in [3.63, 3.8) is 0 Å². The number of carbonyl (C=O) groups excluding carboxylic acids is 1. The van der Waals surface area contributed by atoms with Gasteiger partial charge in [0.25, 0.3) is 11.3 Å². The molecule has 8 nitrogen and oxygen atoms in total. The van der Waals surface area contributed by atoms with Crippen LogP contribution < -0.4 is 5.56 Å². The molecule has 3 heterocycles. The van der Waals surface area contributed by atoms with Crippen molar-refractivity contribution >= 4 is 17.0 Å². The highest BCUT2D eigenvalue weighted by molar-refractivity contribution is 5.88. The Hall–Kier alpha value is -3.00. The van der Waals surface area contributed by atoms with Gasteiger partial charge in [-0.05, 0) is 6.92 Å². The van der Waals surface area contributed by atoms with Crippen LogP contribution in [0, 0.1) is 6.92 Å². The van der Waals surface area contributed by atoms with Crippen LogP contribution in [-0.4, -0.2) is 51.8 Å². The smallest absolute Gasteiger partial charge is 0.266 e. The van der Waals surface area contributed by atoms with E-state index in [0.29, 0.717) is 37.4 Å². The molecule has 0 atom stereocenters. The van der Waals surface area contributed by atoms with Gasteiger partial charge in [-0.1, -0.05) is 35.0 Å². The molecule has 4 rings (SSSR count). The lowest BCUT2D eigenvalue weighted by Crippen LogP contribution is -2.41. The molecular formula is C19H20N4O4. The van der Waals surface area contributed by atoms with E-state index in [0.717, 1.165) is 11.1 Å². The van der Waals surface area contributed by atoms with Crippen LogP contribution in [0.1, 0.15) is 12.0 Å². The number of amides is 1. The molecule has 140 valence electrons. The maximum atomic E-state index is 12.9. The summed E-state index contributed by atoms with van der Waals surface area (Å²) in [6, 6.07) is 7.69. The second-order valence-corrected chi connectivity index (χ2v) is 6.56. The van der Waals surface area contributed by atoms with Crippen molar-refractivity contribution < 1.29 is 14.1 Å². The molecule has 3 aromatic rings. The number of benzene rings is 1. The standard InChI is InChI=1S/C19H20N4O4/c1-13-2-4-14(5-3-13)17-16-18(27-21-17)20-12-23(19(16)25)7-6-15(24)22-8-10-26-11-9-22/h2-5,12H,6-11H2,1H3. The molecule has 1 saturated heterocycles. The van der Waals surface area contributed by atoms with E-state index in [1.807, 2.05) is 31.2 Å². The van der Waals surface area contributed by atoms with Crippen molar-refractivity contribution in [1.29, 1.82) is 0 Å². The average molecular weight is 368 g/mol. The van der Waals surface area contributed by atoms with Crippen molar-refractivity contribution in [2.75, 3.05) is 26.3 Å². The predicted octanol–water partition coefficient (Wildman–Crippen LogP) is 1.61. The molecule has 0 N–H and O–H groups in total. The number of aryl methyl sites for hydroxylation is 2. The molecule has 2 aromatic heterocycles.